The van der Waals surface area contributed by atoms with Crippen LogP contribution in [0.5, 0.6) is 5.75 Å². The monoisotopic (exact) mass is 411 g/mol. The lowest BCUT2D eigenvalue weighted by Gasteiger charge is -2.08. The molecule has 29 heavy (non-hydrogen) atoms. The highest BCUT2D eigenvalue weighted by molar-refractivity contribution is 7.99. The van der Waals surface area contributed by atoms with Gasteiger partial charge in [0.25, 0.3) is 0 Å². The molecule has 3 N–H and O–H groups in total. The number of rotatable bonds is 8. The highest BCUT2D eigenvalue weighted by Crippen LogP contribution is 2.19. The number of ether oxygens (including phenoxy) is 1. The van der Waals surface area contributed by atoms with Crippen molar-refractivity contribution in [1.82, 2.24) is 14.9 Å². The molecule has 3 rings (SSSR count). The summed E-state index contributed by atoms with van der Waals surface area (Å²) < 4.78 is 7.14. The first-order valence-corrected chi connectivity index (χ1v) is 10.3. The lowest BCUT2D eigenvalue weighted by atomic mass is 10.1. The van der Waals surface area contributed by atoms with Crippen LogP contribution in [0.15, 0.2) is 47.6 Å². The number of nitrogens with two attached hydrogens (primary N) is 1. The number of aryl methyl sites for hydroxylation is 3. The second kappa shape index (κ2) is 9.47. The molecule has 0 saturated carbocycles. The number of carbonyl (C=O) groups is 1. The fraction of sp³-hybridized carbons (Fsp3) is 0.286. The summed E-state index contributed by atoms with van der Waals surface area (Å²) in [4.78, 5) is 12.2. The number of aromatic nitrogens is 3. The van der Waals surface area contributed by atoms with Crippen molar-refractivity contribution >= 4 is 23.4 Å². The zero-order chi connectivity index (χ0) is 20.8. The zero-order valence-electron chi connectivity index (χ0n) is 16.8. The Hall–Kier alpha value is -3.00. The van der Waals surface area contributed by atoms with E-state index < -0.39 is 0 Å². The van der Waals surface area contributed by atoms with Crippen molar-refractivity contribution in [2.75, 3.05) is 16.9 Å². The van der Waals surface area contributed by atoms with E-state index in [9.17, 15) is 4.79 Å². The Balaban J connectivity index is 1.52. The van der Waals surface area contributed by atoms with Gasteiger partial charge in [-0.3, -0.25) is 4.79 Å². The summed E-state index contributed by atoms with van der Waals surface area (Å²) >= 11 is 1.23. The average molecular weight is 412 g/mol. The Morgan fingerprint density at radius 1 is 1.14 bits per heavy atom. The van der Waals surface area contributed by atoms with E-state index in [0.29, 0.717) is 11.0 Å². The van der Waals surface area contributed by atoms with E-state index in [-0.39, 0.29) is 18.3 Å². The van der Waals surface area contributed by atoms with Crippen LogP contribution in [-0.4, -0.2) is 26.5 Å². The largest absolute Gasteiger partial charge is 0.486 e. The molecule has 0 fully saturated rings. The predicted octanol–water partition coefficient (Wildman–Crippen LogP) is 3.48. The number of carbonyl (C=O) groups excluding carboxylic acids is 1. The van der Waals surface area contributed by atoms with Crippen molar-refractivity contribution in [3.63, 3.8) is 0 Å². The molecular weight excluding hydrogens is 386 g/mol. The van der Waals surface area contributed by atoms with Gasteiger partial charge in [-0.25, -0.2) is 4.68 Å². The molecule has 152 valence electrons. The third-order valence-corrected chi connectivity index (χ3v) is 5.22. The SMILES string of the molecule is CCc1ccc(NC(=O)CSc2nnc(COc3cc(C)cc(C)c3)n2N)cc1. The molecule has 1 aromatic heterocycles. The maximum atomic E-state index is 12.2. The number of nitrogens with zero attached hydrogens (tertiary/aromatic N) is 3. The summed E-state index contributed by atoms with van der Waals surface area (Å²) in [6.07, 6.45) is 0.964. The van der Waals surface area contributed by atoms with Gasteiger partial charge in [0.05, 0.1) is 5.75 Å². The summed E-state index contributed by atoms with van der Waals surface area (Å²) in [6.45, 7) is 6.32. The van der Waals surface area contributed by atoms with E-state index in [1.54, 1.807) is 0 Å². The van der Waals surface area contributed by atoms with Crippen LogP contribution in [0.2, 0.25) is 0 Å². The van der Waals surface area contributed by atoms with E-state index in [4.69, 9.17) is 10.6 Å². The molecular formula is C21H25N5O2S. The molecule has 8 heteroatoms. The number of nitrogens with one attached hydrogen (secondary N) is 1. The van der Waals surface area contributed by atoms with Gasteiger partial charge in [0.15, 0.2) is 5.82 Å². The minimum absolute atomic E-state index is 0.129. The van der Waals surface area contributed by atoms with Crippen molar-refractivity contribution in [3.05, 3.63) is 65.0 Å². The molecule has 3 aromatic rings. The predicted molar refractivity (Wildman–Crippen MR) is 116 cm³/mol. The van der Waals surface area contributed by atoms with Crippen LogP contribution in [0.4, 0.5) is 5.69 Å². The van der Waals surface area contributed by atoms with E-state index >= 15 is 0 Å². The van der Waals surface area contributed by atoms with Gasteiger partial charge < -0.3 is 15.9 Å². The van der Waals surface area contributed by atoms with Crippen LogP contribution < -0.4 is 15.9 Å². The number of thioether (sulfide) groups is 1. The van der Waals surface area contributed by atoms with Gasteiger partial charge in [-0.15, -0.1) is 10.2 Å². The molecule has 0 unspecified atom stereocenters. The average Bonchev–Trinajstić information content (AvgIpc) is 3.04. The first-order valence-electron chi connectivity index (χ1n) is 9.36. The van der Waals surface area contributed by atoms with Crippen LogP contribution in [0, 0.1) is 13.8 Å². The van der Waals surface area contributed by atoms with Crippen molar-refractivity contribution in [1.29, 1.82) is 0 Å². The summed E-state index contributed by atoms with van der Waals surface area (Å²) in [5.41, 5.74) is 4.25. The summed E-state index contributed by atoms with van der Waals surface area (Å²) in [6, 6.07) is 13.8. The minimum atomic E-state index is -0.129. The fourth-order valence-electron chi connectivity index (χ4n) is 2.82. The number of amides is 1. The Labute approximate surface area is 174 Å². The molecule has 0 aliphatic heterocycles. The highest BCUT2D eigenvalue weighted by atomic mass is 32.2. The Bertz CT molecular complexity index is 965. The van der Waals surface area contributed by atoms with E-state index in [0.717, 1.165) is 29.0 Å². The molecule has 1 heterocycles. The number of anilines is 1. The number of hydrogen-bond acceptors (Lipinski definition) is 6. The summed E-state index contributed by atoms with van der Waals surface area (Å²) in [7, 11) is 0. The maximum absolute atomic E-state index is 12.2. The topological polar surface area (TPSA) is 95.1 Å². The van der Waals surface area contributed by atoms with Gasteiger partial charge in [-0.1, -0.05) is 36.9 Å². The van der Waals surface area contributed by atoms with Crippen LogP contribution in [0.3, 0.4) is 0 Å². The third kappa shape index (κ3) is 5.74. The Kier molecular flexibility index (Phi) is 6.77. The van der Waals surface area contributed by atoms with Gasteiger partial charge in [0, 0.05) is 5.69 Å². The first kappa shape index (κ1) is 20.7. The van der Waals surface area contributed by atoms with Gasteiger partial charge in [-0.2, -0.15) is 0 Å². The fourth-order valence-corrected chi connectivity index (χ4v) is 3.49. The highest BCUT2D eigenvalue weighted by Gasteiger charge is 2.13. The van der Waals surface area contributed by atoms with Gasteiger partial charge in [0.2, 0.25) is 11.1 Å². The minimum Gasteiger partial charge on any atom is -0.486 e. The smallest absolute Gasteiger partial charge is 0.234 e. The van der Waals surface area contributed by atoms with Gasteiger partial charge in [-0.05, 0) is 61.2 Å². The molecule has 7 nitrogen and oxygen atoms in total. The molecule has 2 aromatic carbocycles. The number of nitrogen functional groups attached to an aromatic ring is 1. The van der Waals surface area contributed by atoms with Crippen LogP contribution >= 0.6 is 11.8 Å². The van der Waals surface area contributed by atoms with E-state index in [1.807, 2.05) is 50.2 Å². The van der Waals surface area contributed by atoms with Crippen molar-refractivity contribution in [3.8, 4) is 5.75 Å². The molecule has 0 atom stereocenters. The molecule has 0 bridgehead atoms. The van der Waals surface area contributed by atoms with E-state index in [1.165, 1.54) is 22.0 Å². The normalized spacial score (nSPS) is 10.7. The molecule has 0 saturated heterocycles. The molecule has 0 aliphatic rings. The van der Waals surface area contributed by atoms with Crippen molar-refractivity contribution < 1.29 is 9.53 Å². The summed E-state index contributed by atoms with van der Waals surface area (Å²) in [5.74, 6) is 7.36. The van der Waals surface area contributed by atoms with E-state index in [2.05, 4.69) is 28.5 Å². The Morgan fingerprint density at radius 2 is 1.83 bits per heavy atom. The quantitative estimate of drug-likeness (QED) is 0.435. The lowest BCUT2D eigenvalue weighted by molar-refractivity contribution is -0.113. The first-order chi connectivity index (χ1) is 13.9. The van der Waals surface area contributed by atoms with Crippen LogP contribution in [0.25, 0.3) is 0 Å². The number of hydrogen-bond donors (Lipinski definition) is 2. The standard InChI is InChI=1S/C21H25N5O2S/c1-4-16-5-7-17(8-6-16)23-20(27)13-29-21-25-24-19(26(21)22)12-28-18-10-14(2)9-15(3)11-18/h5-11H,4,12-13,22H2,1-3H3,(H,23,27). The molecule has 0 spiro atoms. The molecule has 0 radical (unpaired) electrons. The molecule has 1 amide bonds. The zero-order valence-corrected chi connectivity index (χ0v) is 17.6. The van der Waals surface area contributed by atoms with Gasteiger partial charge in [0.1, 0.15) is 12.4 Å². The lowest BCUT2D eigenvalue weighted by Crippen LogP contribution is -2.18. The molecule has 0 aliphatic carbocycles. The second-order valence-corrected chi connectivity index (χ2v) is 7.71. The van der Waals surface area contributed by atoms with Gasteiger partial charge >= 0.3 is 0 Å². The van der Waals surface area contributed by atoms with Crippen LogP contribution in [0.1, 0.15) is 29.4 Å². The van der Waals surface area contributed by atoms with Crippen LogP contribution in [-0.2, 0) is 17.8 Å². The number of benzene rings is 2. The summed E-state index contributed by atoms with van der Waals surface area (Å²) in [5, 5.41) is 11.4. The maximum Gasteiger partial charge on any atom is 0.234 e. The third-order valence-electron chi connectivity index (χ3n) is 4.28. The Morgan fingerprint density at radius 3 is 2.48 bits per heavy atom. The van der Waals surface area contributed by atoms with Crippen molar-refractivity contribution in [2.45, 2.75) is 39.0 Å². The van der Waals surface area contributed by atoms with Crippen molar-refractivity contribution in [2.24, 2.45) is 0 Å². The second-order valence-electron chi connectivity index (χ2n) is 6.77.